The van der Waals surface area contributed by atoms with Crippen molar-refractivity contribution in [3.8, 4) is 5.75 Å². The van der Waals surface area contributed by atoms with Crippen LogP contribution in [0.5, 0.6) is 5.75 Å². The summed E-state index contributed by atoms with van der Waals surface area (Å²) in [5.41, 5.74) is 4.35. The lowest BCUT2D eigenvalue weighted by Crippen LogP contribution is -2.15. The number of thioether (sulfide) groups is 1. The van der Waals surface area contributed by atoms with E-state index in [4.69, 9.17) is 4.74 Å². The molecule has 0 fully saturated rings. The number of amides is 1. The Hall–Kier alpha value is -2.80. The van der Waals surface area contributed by atoms with Gasteiger partial charge in [-0.1, -0.05) is 55.4 Å². The van der Waals surface area contributed by atoms with E-state index in [9.17, 15) is 4.79 Å². The fourth-order valence-electron chi connectivity index (χ4n) is 3.23. The average molecular weight is 439 g/mol. The van der Waals surface area contributed by atoms with E-state index in [1.807, 2.05) is 54.8 Å². The number of rotatable bonds is 9. The summed E-state index contributed by atoms with van der Waals surface area (Å²) < 4.78 is 7.94. The minimum Gasteiger partial charge on any atom is -0.485 e. The molecule has 164 valence electrons. The van der Waals surface area contributed by atoms with E-state index in [1.165, 1.54) is 22.9 Å². The van der Waals surface area contributed by atoms with Crippen molar-refractivity contribution >= 4 is 23.4 Å². The molecule has 0 atom stereocenters. The molecule has 0 aliphatic rings. The number of hydrogen-bond donors (Lipinski definition) is 1. The molecule has 0 saturated carbocycles. The molecule has 1 amide bonds. The molecular weight excluding hydrogens is 408 g/mol. The van der Waals surface area contributed by atoms with Gasteiger partial charge in [-0.25, -0.2) is 0 Å². The number of nitrogens with zero attached hydrogens (tertiary/aromatic N) is 3. The molecule has 0 aliphatic heterocycles. The lowest BCUT2D eigenvalue weighted by Gasteiger charge is -2.11. The summed E-state index contributed by atoms with van der Waals surface area (Å²) >= 11 is 1.38. The number of ether oxygens (including phenoxy) is 1. The van der Waals surface area contributed by atoms with Gasteiger partial charge in [-0.2, -0.15) is 0 Å². The van der Waals surface area contributed by atoms with Crippen LogP contribution in [0.1, 0.15) is 49.2 Å². The molecule has 3 rings (SSSR count). The van der Waals surface area contributed by atoms with Crippen LogP contribution >= 0.6 is 11.8 Å². The number of aryl methyl sites for hydroxylation is 2. The van der Waals surface area contributed by atoms with Crippen molar-refractivity contribution in [1.82, 2.24) is 14.8 Å². The molecule has 0 aliphatic carbocycles. The predicted octanol–water partition coefficient (Wildman–Crippen LogP) is 5.35. The quantitative estimate of drug-likeness (QED) is 0.456. The summed E-state index contributed by atoms with van der Waals surface area (Å²) in [6.45, 7) is 11.5. The highest BCUT2D eigenvalue weighted by Crippen LogP contribution is 2.22. The fourth-order valence-corrected chi connectivity index (χ4v) is 4.05. The first-order valence-electron chi connectivity index (χ1n) is 10.5. The highest BCUT2D eigenvalue weighted by atomic mass is 32.2. The van der Waals surface area contributed by atoms with Crippen molar-refractivity contribution in [3.63, 3.8) is 0 Å². The van der Waals surface area contributed by atoms with Gasteiger partial charge in [0.25, 0.3) is 0 Å². The largest absolute Gasteiger partial charge is 0.485 e. The Morgan fingerprint density at radius 2 is 1.87 bits per heavy atom. The van der Waals surface area contributed by atoms with Crippen LogP contribution in [0.4, 0.5) is 5.69 Å². The van der Waals surface area contributed by atoms with E-state index in [0.717, 1.165) is 22.8 Å². The van der Waals surface area contributed by atoms with Gasteiger partial charge in [-0.15, -0.1) is 10.2 Å². The maximum Gasteiger partial charge on any atom is 0.234 e. The molecule has 0 radical (unpaired) electrons. The SMILES string of the molecule is CCn1c(COc2ccc(C)cc2C)nnc1SCC(=O)Nc1ccc(C(C)C)cc1. The first kappa shape index (κ1) is 22.9. The zero-order valence-corrected chi connectivity index (χ0v) is 19.6. The Morgan fingerprint density at radius 3 is 2.52 bits per heavy atom. The molecule has 7 heteroatoms. The monoisotopic (exact) mass is 438 g/mol. The zero-order valence-electron chi connectivity index (χ0n) is 18.8. The number of benzene rings is 2. The van der Waals surface area contributed by atoms with Gasteiger partial charge in [0.05, 0.1) is 5.75 Å². The number of anilines is 1. The first-order chi connectivity index (χ1) is 14.9. The van der Waals surface area contributed by atoms with E-state index >= 15 is 0 Å². The van der Waals surface area contributed by atoms with Crippen LogP contribution in [0.15, 0.2) is 47.6 Å². The molecule has 3 aromatic rings. The van der Waals surface area contributed by atoms with Crippen molar-refractivity contribution in [2.45, 2.75) is 58.8 Å². The number of carbonyl (C=O) groups is 1. The minimum atomic E-state index is -0.0685. The van der Waals surface area contributed by atoms with Crippen molar-refractivity contribution < 1.29 is 9.53 Å². The van der Waals surface area contributed by atoms with E-state index in [0.29, 0.717) is 24.2 Å². The van der Waals surface area contributed by atoms with Gasteiger partial charge in [0.15, 0.2) is 11.0 Å². The molecule has 2 aromatic carbocycles. The smallest absolute Gasteiger partial charge is 0.234 e. The molecule has 1 N–H and O–H groups in total. The van der Waals surface area contributed by atoms with E-state index in [-0.39, 0.29) is 11.7 Å². The average Bonchev–Trinajstić information content (AvgIpc) is 3.14. The lowest BCUT2D eigenvalue weighted by atomic mass is 10.0. The molecule has 1 aromatic heterocycles. The third-order valence-electron chi connectivity index (χ3n) is 4.99. The third-order valence-corrected chi connectivity index (χ3v) is 5.96. The van der Waals surface area contributed by atoms with E-state index < -0.39 is 0 Å². The van der Waals surface area contributed by atoms with Crippen molar-refractivity contribution in [2.24, 2.45) is 0 Å². The van der Waals surface area contributed by atoms with Crippen LogP contribution in [0, 0.1) is 13.8 Å². The number of carbonyl (C=O) groups excluding carboxylic acids is 1. The van der Waals surface area contributed by atoms with Gasteiger partial charge >= 0.3 is 0 Å². The Bertz CT molecular complexity index is 1030. The van der Waals surface area contributed by atoms with Crippen molar-refractivity contribution in [1.29, 1.82) is 0 Å². The minimum absolute atomic E-state index is 0.0685. The van der Waals surface area contributed by atoms with Crippen LogP contribution in [0.2, 0.25) is 0 Å². The second-order valence-corrected chi connectivity index (χ2v) is 8.76. The Morgan fingerprint density at radius 1 is 1.13 bits per heavy atom. The van der Waals surface area contributed by atoms with E-state index in [1.54, 1.807) is 0 Å². The molecular formula is C24H30N4O2S. The molecule has 31 heavy (non-hydrogen) atoms. The summed E-state index contributed by atoms with van der Waals surface area (Å²) in [5, 5.41) is 12.2. The van der Waals surface area contributed by atoms with Crippen LogP contribution in [0.3, 0.4) is 0 Å². The normalized spacial score (nSPS) is 11.0. The molecule has 6 nitrogen and oxygen atoms in total. The van der Waals surface area contributed by atoms with Crippen LogP contribution in [0.25, 0.3) is 0 Å². The second kappa shape index (κ2) is 10.5. The first-order valence-corrected chi connectivity index (χ1v) is 11.5. The Kier molecular flexibility index (Phi) is 7.74. The molecule has 0 unspecified atom stereocenters. The Balaban J connectivity index is 1.56. The maximum absolute atomic E-state index is 12.4. The number of hydrogen-bond acceptors (Lipinski definition) is 5. The highest BCUT2D eigenvalue weighted by molar-refractivity contribution is 7.99. The van der Waals surface area contributed by atoms with Gasteiger partial charge in [0, 0.05) is 12.2 Å². The summed E-state index contributed by atoms with van der Waals surface area (Å²) in [6.07, 6.45) is 0. The van der Waals surface area contributed by atoms with Crippen LogP contribution in [-0.4, -0.2) is 26.4 Å². The molecule has 0 saturated heterocycles. The highest BCUT2D eigenvalue weighted by Gasteiger charge is 2.14. The van der Waals surface area contributed by atoms with Gasteiger partial charge in [0.1, 0.15) is 12.4 Å². The summed E-state index contributed by atoms with van der Waals surface area (Å²) in [4.78, 5) is 12.4. The zero-order chi connectivity index (χ0) is 22.4. The topological polar surface area (TPSA) is 69.0 Å². The third kappa shape index (κ3) is 6.10. The summed E-state index contributed by atoms with van der Waals surface area (Å²) in [7, 11) is 0. The molecule has 0 bridgehead atoms. The summed E-state index contributed by atoms with van der Waals surface area (Å²) in [5.74, 6) is 2.25. The van der Waals surface area contributed by atoms with Gasteiger partial charge in [-0.05, 0) is 56.0 Å². The standard InChI is InChI=1S/C24H30N4O2S/c1-6-28-22(14-30-21-12-7-17(4)13-18(21)5)26-27-24(28)31-15-23(29)25-20-10-8-19(9-11-20)16(2)3/h7-13,16H,6,14-15H2,1-5H3,(H,25,29). The summed E-state index contributed by atoms with van der Waals surface area (Å²) in [6, 6.07) is 14.1. The van der Waals surface area contributed by atoms with Crippen molar-refractivity contribution in [2.75, 3.05) is 11.1 Å². The Labute approximate surface area is 188 Å². The second-order valence-electron chi connectivity index (χ2n) is 7.81. The lowest BCUT2D eigenvalue weighted by molar-refractivity contribution is -0.113. The maximum atomic E-state index is 12.4. The number of nitrogens with one attached hydrogen (secondary N) is 1. The van der Waals surface area contributed by atoms with E-state index in [2.05, 4.69) is 42.4 Å². The molecule has 1 heterocycles. The van der Waals surface area contributed by atoms with Crippen LogP contribution < -0.4 is 10.1 Å². The van der Waals surface area contributed by atoms with Gasteiger partial charge < -0.3 is 14.6 Å². The predicted molar refractivity (Wildman–Crippen MR) is 126 cm³/mol. The van der Waals surface area contributed by atoms with Gasteiger partial charge in [0.2, 0.25) is 5.91 Å². The van der Waals surface area contributed by atoms with Gasteiger partial charge in [-0.3, -0.25) is 4.79 Å². The van der Waals surface area contributed by atoms with Crippen LogP contribution in [-0.2, 0) is 17.9 Å². The number of aromatic nitrogens is 3. The molecule has 0 spiro atoms. The fraction of sp³-hybridized carbons (Fsp3) is 0.375. The van der Waals surface area contributed by atoms with Crippen molar-refractivity contribution in [3.05, 3.63) is 65.0 Å².